The lowest BCUT2D eigenvalue weighted by Gasteiger charge is -2.26. The van der Waals surface area contributed by atoms with Gasteiger partial charge in [-0.2, -0.15) is 0 Å². The Kier molecular flexibility index (Phi) is 6.98. The van der Waals surface area contributed by atoms with E-state index in [1.165, 1.54) is 0 Å². The van der Waals surface area contributed by atoms with E-state index in [-0.39, 0.29) is 24.3 Å². The maximum atomic E-state index is 12.9. The molecule has 2 rings (SSSR count). The van der Waals surface area contributed by atoms with Crippen LogP contribution in [0.2, 0.25) is 0 Å². The number of amides is 3. The summed E-state index contributed by atoms with van der Waals surface area (Å²) in [6.07, 6.45) is 0.188. The van der Waals surface area contributed by atoms with Crippen LogP contribution < -0.4 is 11.1 Å². The highest BCUT2D eigenvalue weighted by Gasteiger charge is 2.23. The molecule has 2 aromatic rings. The molecule has 0 spiro atoms. The van der Waals surface area contributed by atoms with E-state index in [2.05, 4.69) is 5.32 Å². The zero-order valence-corrected chi connectivity index (χ0v) is 16.9. The standard InChI is InChI=1S/C21H28N4O3/c1-5-24(21(28)16(4)25-14(2)6-7-15(25)3)13-12-19(26)23-18-10-8-17(9-11-18)20(22)27/h6-11,16H,5,12-13H2,1-4H3,(H2,22,27)(H,23,26)/t16-/m0/s1. The maximum Gasteiger partial charge on any atom is 0.248 e. The number of rotatable bonds is 8. The molecule has 0 fully saturated rings. The summed E-state index contributed by atoms with van der Waals surface area (Å²) < 4.78 is 2.01. The van der Waals surface area contributed by atoms with E-state index < -0.39 is 5.91 Å². The highest BCUT2D eigenvalue weighted by Crippen LogP contribution is 2.18. The fourth-order valence-corrected chi connectivity index (χ4v) is 3.27. The zero-order chi connectivity index (χ0) is 20.8. The number of likely N-dealkylation sites (N-methyl/N-ethyl adjacent to an activating group) is 1. The Hall–Kier alpha value is -3.09. The molecule has 0 saturated carbocycles. The molecule has 0 radical (unpaired) electrons. The van der Waals surface area contributed by atoms with Crippen molar-refractivity contribution in [2.45, 2.75) is 40.2 Å². The molecule has 1 aromatic heterocycles. The Morgan fingerprint density at radius 1 is 1.07 bits per heavy atom. The Balaban J connectivity index is 1.94. The van der Waals surface area contributed by atoms with Gasteiger partial charge in [-0.3, -0.25) is 14.4 Å². The first-order chi connectivity index (χ1) is 13.2. The number of aromatic nitrogens is 1. The van der Waals surface area contributed by atoms with Crippen LogP contribution in [0.15, 0.2) is 36.4 Å². The Morgan fingerprint density at radius 2 is 1.64 bits per heavy atom. The van der Waals surface area contributed by atoms with E-state index in [1.807, 2.05) is 44.4 Å². The van der Waals surface area contributed by atoms with Crippen molar-refractivity contribution in [3.63, 3.8) is 0 Å². The molecule has 3 N–H and O–H groups in total. The van der Waals surface area contributed by atoms with Gasteiger partial charge >= 0.3 is 0 Å². The van der Waals surface area contributed by atoms with Gasteiger partial charge in [0.2, 0.25) is 17.7 Å². The maximum absolute atomic E-state index is 12.9. The molecule has 0 aliphatic carbocycles. The summed E-state index contributed by atoms with van der Waals surface area (Å²) in [6.45, 7) is 8.60. The van der Waals surface area contributed by atoms with Crippen molar-refractivity contribution < 1.29 is 14.4 Å². The Morgan fingerprint density at radius 3 is 2.14 bits per heavy atom. The predicted octanol–water partition coefficient (Wildman–Crippen LogP) is 2.64. The third kappa shape index (κ3) is 5.00. The molecular formula is C21H28N4O3. The summed E-state index contributed by atoms with van der Waals surface area (Å²) in [5.74, 6) is -0.722. The number of hydrogen-bond donors (Lipinski definition) is 2. The minimum atomic E-state index is -0.516. The van der Waals surface area contributed by atoms with Crippen molar-refractivity contribution in [1.82, 2.24) is 9.47 Å². The monoisotopic (exact) mass is 384 g/mol. The van der Waals surface area contributed by atoms with Gasteiger partial charge in [0.15, 0.2) is 0 Å². The smallest absolute Gasteiger partial charge is 0.248 e. The lowest BCUT2D eigenvalue weighted by molar-refractivity contribution is -0.134. The van der Waals surface area contributed by atoms with Crippen molar-refractivity contribution >= 4 is 23.4 Å². The molecule has 0 unspecified atom stereocenters. The summed E-state index contributed by atoms with van der Waals surface area (Å²) in [5.41, 5.74) is 8.23. The van der Waals surface area contributed by atoms with Crippen LogP contribution in [0.1, 0.15) is 48.1 Å². The van der Waals surface area contributed by atoms with Gasteiger partial charge in [-0.25, -0.2) is 0 Å². The van der Waals surface area contributed by atoms with Gasteiger partial charge in [0.1, 0.15) is 6.04 Å². The third-order valence-electron chi connectivity index (χ3n) is 4.83. The number of anilines is 1. The van der Waals surface area contributed by atoms with E-state index in [0.29, 0.717) is 24.3 Å². The first kappa shape index (κ1) is 21.2. The van der Waals surface area contributed by atoms with Gasteiger partial charge < -0.3 is 20.5 Å². The molecular weight excluding hydrogens is 356 g/mol. The van der Waals surface area contributed by atoms with Crippen molar-refractivity contribution in [1.29, 1.82) is 0 Å². The minimum Gasteiger partial charge on any atom is -0.366 e. The third-order valence-corrected chi connectivity index (χ3v) is 4.83. The summed E-state index contributed by atoms with van der Waals surface area (Å²) in [4.78, 5) is 37.9. The summed E-state index contributed by atoms with van der Waals surface area (Å²) >= 11 is 0. The van der Waals surface area contributed by atoms with Crippen LogP contribution in [0.25, 0.3) is 0 Å². The fraction of sp³-hybridized carbons (Fsp3) is 0.381. The van der Waals surface area contributed by atoms with Gasteiger partial charge in [0, 0.05) is 42.1 Å². The van der Waals surface area contributed by atoms with E-state index in [9.17, 15) is 14.4 Å². The van der Waals surface area contributed by atoms with Crippen LogP contribution in [0.3, 0.4) is 0 Å². The van der Waals surface area contributed by atoms with E-state index in [0.717, 1.165) is 11.4 Å². The van der Waals surface area contributed by atoms with Crippen molar-refractivity contribution in [3.8, 4) is 0 Å². The summed E-state index contributed by atoms with van der Waals surface area (Å²) in [5, 5.41) is 2.77. The SMILES string of the molecule is CCN(CCC(=O)Nc1ccc(C(N)=O)cc1)C(=O)[C@H](C)n1c(C)ccc1C. The van der Waals surface area contributed by atoms with Gasteiger partial charge in [-0.15, -0.1) is 0 Å². The van der Waals surface area contributed by atoms with Gasteiger partial charge in [-0.05, 0) is 64.1 Å². The number of nitrogens with zero attached hydrogens (tertiary/aromatic N) is 2. The van der Waals surface area contributed by atoms with E-state index >= 15 is 0 Å². The quantitative estimate of drug-likeness (QED) is 0.732. The predicted molar refractivity (Wildman–Crippen MR) is 109 cm³/mol. The first-order valence-electron chi connectivity index (χ1n) is 9.37. The number of hydrogen-bond acceptors (Lipinski definition) is 3. The molecule has 0 aliphatic rings. The van der Waals surface area contributed by atoms with Crippen LogP contribution in [0, 0.1) is 13.8 Å². The lowest BCUT2D eigenvalue weighted by atomic mass is 10.2. The number of nitrogens with one attached hydrogen (secondary N) is 1. The molecule has 150 valence electrons. The Bertz CT molecular complexity index is 836. The van der Waals surface area contributed by atoms with Gasteiger partial charge in [-0.1, -0.05) is 0 Å². The first-order valence-corrected chi connectivity index (χ1v) is 9.37. The number of aryl methyl sites for hydroxylation is 2. The summed E-state index contributed by atoms with van der Waals surface area (Å²) in [6, 6.07) is 10.0. The average Bonchev–Trinajstić information content (AvgIpc) is 3.00. The summed E-state index contributed by atoms with van der Waals surface area (Å²) in [7, 11) is 0. The largest absolute Gasteiger partial charge is 0.366 e. The van der Waals surface area contributed by atoms with Crippen LogP contribution in [-0.2, 0) is 9.59 Å². The van der Waals surface area contributed by atoms with Gasteiger partial charge in [0.05, 0.1) is 0 Å². The number of benzene rings is 1. The molecule has 3 amide bonds. The Labute approximate surface area is 165 Å². The molecule has 0 bridgehead atoms. The molecule has 0 saturated heterocycles. The molecule has 7 heteroatoms. The number of carbonyl (C=O) groups is 3. The molecule has 7 nitrogen and oxygen atoms in total. The van der Waals surface area contributed by atoms with Crippen LogP contribution in [0.4, 0.5) is 5.69 Å². The van der Waals surface area contributed by atoms with E-state index in [1.54, 1.807) is 29.2 Å². The number of nitrogens with two attached hydrogens (primary N) is 1. The van der Waals surface area contributed by atoms with Crippen molar-refractivity contribution in [3.05, 3.63) is 53.3 Å². The van der Waals surface area contributed by atoms with Crippen LogP contribution in [-0.4, -0.2) is 40.3 Å². The van der Waals surface area contributed by atoms with Crippen molar-refractivity contribution in [2.75, 3.05) is 18.4 Å². The average molecular weight is 384 g/mol. The highest BCUT2D eigenvalue weighted by molar-refractivity contribution is 5.95. The van der Waals surface area contributed by atoms with E-state index in [4.69, 9.17) is 5.73 Å². The number of primary amides is 1. The second kappa shape index (κ2) is 9.21. The molecule has 28 heavy (non-hydrogen) atoms. The van der Waals surface area contributed by atoms with Crippen LogP contribution in [0.5, 0.6) is 0 Å². The second-order valence-electron chi connectivity index (χ2n) is 6.82. The van der Waals surface area contributed by atoms with Gasteiger partial charge in [0.25, 0.3) is 0 Å². The van der Waals surface area contributed by atoms with Crippen molar-refractivity contribution in [2.24, 2.45) is 5.73 Å². The highest BCUT2D eigenvalue weighted by atomic mass is 16.2. The lowest BCUT2D eigenvalue weighted by Crippen LogP contribution is -2.38. The molecule has 1 atom stereocenters. The minimum absolute atomic E-state index is 0.0106. The molecule has 1 aromatic carbocycles. The topological polar surface area (TPSA) is 97.4 Å². The normalized spacial score (nSPS) is 11.7. The second-order valence-corrected chi connectivity index (χ2v) is 6.82. The fourth-order valence-electron chi connectivity index (χ4n) is 3.27. The van der Waals surface area contributed by atoms with Crippen LogP contribution >= 0.6 is 0 Å². The number of carbonyl (C=O) groups excluding carboxylic acids is 3. The molecule has 1 heterocycles. The zero-order valence-electron chi connectivity index (χ0n) is 16.9. The molecule has 0 aliphatic heterocycles.